The van der Waals surface area contributed by atoms with Crippen LogP contribution in [0.1, 0.15) is 23.5 Å². The van der Waals surface area contributed by atoms with E-state index in [-0.39, 0.29) is 5.92 Å². The van der Waals surface area contributed by atoms with E-state index in [4.69, 9.17) is 4.74 Å². The van der Waals surface area contributed by atoms with Crippen molar-refractivity contribution in [3.05, 3.63) is 136 Å². The summed E-state index contributed by atoms with van der Waals surface area (Å²) in [6, 6.07) is 21.4. The number of hydrogen-bond donors (Lipinski definition) is 0. The number of allylic oxidation sites excluding steroid dienone is 10. The van der Waals surface area contributed by atoms with Crippen LogP contribution in [0.25, 0.3) is 5.57 Å². The summed E-state index contributed by atoms with van der Waals surface area (Å²) < 4.78 is 6.09. The van der Waals surface area contributed by atoms with E-state index in [2.05, 4.69) is 97.1 Å². The average molecular weight is 362 g/mol. The van der Waals surface area contributed by atoms with E-state index < -0.39 is 0 Å². The van der Waals surface area contributed by atoms with Gasteiger partial charge in [-0.05, 0) is 34.3 Å². The minimum absolute atomic E-state index is 0.163. The summed E-state index contributed by atoms with van der Waals surface area (Å²) in [4.78, 5) is 0. The highest BCUT2D eigenvalue weighted by Crippen LogP contribution is 2.53. The maximum Gasteiger partial charge on any atom is 0.131 e. The van der Waals surface area contributed by atoms with Crippen LogP contribution in [0.3, 0.4) is 0 Å². The van der Waals surface area contributed by atoms with Crippen molar-refractivity contribution < 1.29 is 4.74 Å². The van der Waals surface area contributed by atoms with E-state index in [1.165, 1.54) is 39.0 Å². The third-order valence-electron chi connectivity index (χ3n) is 5.69. The molecule has 0 saturated carbocycles. The van der Waals surface area contributed by atoms with E-state index in [0.717, 1.165) is 12.2 Å². The zero-order chi connectivity index (χ0) is 18.9. The predicted molar refractivity (Wildman–Crippen MR) is 116 cm³/mol. The molecule has 3 aliphatic carbocycles. The van der Waals surface area contributed by atoms with Crippen LogP contribution in [-0.2, 0) is 4.74 Å². The van der Waals surface area contributed by atoms with Crippen molar-refractivity contribution in [2.75, 3.05) is 7.11 Å². The van der Waals surface area contributed by atoms with Gasteiger partial charge in [0, 0.05) is 17.1 Å². The van der Waals surface area contributed by atoms with Gasteiger partial charge in [-0.15, -0.1) is 0 Å². The minimum atomic E-state index is 0.163. The first kappa shape index (κ1) is 16.8. The van der Waals surface area contributed by atoms with E-state index in [0.29, 0.717) is 0 Å². The molecule has 3 aliphatic rings. The van der Waals surface area contributed by atoms with Gasteiger partial charge in [0.1, 0.15) is 5.76 Å². The molecule has 5 rings (SSSR count). The Bertz CT molecular complexity index is 1090. The Morgan fingerprint density at radius 2 is 1.54 bits per heavy atom. The third-order valence-corrected chi connectivity index (χ3v) is 5.69. The van der Waals surface area contributed by atoms with Crippen LogP contribution in [0.4, 0.5) is 0 Å². The molecule has 1 nitrogen and oxygen atoms in total. The lowest BCUT2D eigenvalue weighted by atomic mass is 9.84. The van der Waals surface area contributed by atoms with E-state index in [1.54, 1.807) is 7.11 Å². The number of benzene rings is 2. The molecule has 0 heterocycles. The Hall–Kier alpha value is -3.32. The van der Waals surface area contributed by atoms with Crippen LogP contribution in [0, 0.1) is 0 Å². The number of hydrogen-bond acceptors (Lipinski definition) is 1. The highest BCUT2D eigenvalue weighted by atomic mass is 16.5. The molecule has 1 atom stereocenters. The molecule has 0 fully saturated rings. The molecule has 2 aromatic carbocycles. The lowest BCUT2D eigenvalue weighted by Gasteiger charge is -2.19. The van der Waals surface area contributed by atoms with Gasteiger partial charge >= 0.3 is 0 Å². The van der Waals surface area contributed by atoms with Crippen LogP contribution in [-0.4, -0.2) is 7.11 Å². The second-order valence-electron chi connectivity index (χ2n) is 7.32. The molecule has 136 valence electrons. The normalized spacial score (nSPS) is 20.4. The molecule has 2 bridgehead atoms. The molecule has 0 amide bonds. The summed E-state index contributed by atoms with van der Waals surface area (Å²) in [5.74, 6) is 1.17. The molecule has 0 N–H and O–H groups in total. The molecular formula is C27H22O. The summed E-state index contributed by atoms with van der Waals surface area (Å²) in [6.45, 7) is 0. The maximum atomic E-state index is 6.09. The fourth-order valence-corrected chi connectivity index (χ4v) is 4.50. The zero-order valence-corrected chi connectivity index (χ0v) is 15.9. The summed E-state index contributed by atoms with van der Waals surface area (Å²) in [5.41, 5.74) is 9.00. The van der Waals surface area contributed by atoms with Gasteiger partial charge in [0.25, 0.3) is 0 Å². The predicted octanol–water partition coefficient (Wildman–Crippen LogP) is 6.52. The van der Waals surface area contributed by atoms with Gasteiger partial charge in [0.05, 0.1) is 7.11 Å². The molecule has 0 aliphatic heterocycles. The summed E-state index contributed by atoms with van der Waals surface area (Å²) in [6.07, 6.45) is 14.2. The van der Waals surface area contributed by atoms with Crippen LogP contribution >= 0.6 is 0 Å². The molecular weight excluding hydrogens is 340 g/mol. The Morgan fingerprint density at radius 1 is 0.821 bits per heavy atom. The van der Waals surface area contributed by atoms with Crippen molar-refractivity contribution in [3.8, 4) is 0 Å². The Kier molecular flexibility index (Phi) is 4.21. The first-order valence-corrected chi connectivity index (χ1v) is 9.74. The highest BCUT2D eigenvalue weighted by Gasteiger charge is 2.37. The second-order valence-corrected chi connectivity index (χ2v) is 7.32. The van der Waals surface area contributed by atoms with Crippen LogP contribution in [0.15, 0.2) is 125 Å². The molecule has 28 heavy (non-hydrogen) atoms. The molecule has 2 aromatic rings. The Labute approximate surface area is 166 Å². The number of fused-ring (bicyclic) bond motifs is 3. The van der Waals surface area contributed by atoms with Gasteiger partial charge < -0.3 is 4.74 Å². The van der Waals surface area contributed by atoms with Crippen molar-refractivity contribution in [1.82, 2.24) is 0 Å². The van der Waals surface area contributed by atoms with Crippen molar-refractivity contribution in [2.45, 2.75) is 12.3 Å². The molecule has 1 heteroatoms. The zero-order valence-electron chi connectivity index (χ0n) is 15.9. The van der Waals surface area contributed by atoms with Gasteiger partial charge in [-0.1, -0.05) is 97.1 Å². The first-order chi connectivity index (χ1) is 13.9. The van der Waals surface area contributed by atoms with Crippen LogP contribution in [0.5, 0.6) is 0 Å². The monoisotopic (exact) mass is 362 g/mol. The highest BCUT2D eigenvalue weighted by molar-refractivity contribution is 5.87. The average Bonchev–Trinajstić information content (AvgIpc) is 2.87. The lowest BCUT2D eigenvalue weighted by Crippen LogP contribution is -2.02. The Balaban J connectivity index is 1.80. The SMILES string of the molecule is COC1=C(c2ccccc2)[C@H](c2ccccc2)C2=C1C1=CC=CC=C(C=C2)C1. The quantitative estimate of drug-likeness (QED) is 0.604. The summed E-state index contributed by atoms with van der Waals surface area (Å²) >= 11 is 0. The van der Waals surface area contributed by atoms with Gasteiger partial charge in [-0.2, -0.15) is 0 Å². The molecule has 0 unspecified atom stereocenters. The third kappa shape index (κ3) is 2.71. The van der Waals surface area contributed by atoms with Crippen molar-refractivity contribution in [2.24, 2.45) is 0 Å². The van der Waals surface area contributed by atoms with Gasteiger partial charge in [0.15, 0.2) is 0 Å². The van der Waals surface area contributed by atoms with E-state index >= 15 is 0 Å². The fraction of sp³-hybridized carbons (Fsp3) is 0.111. The minimum Gasteiger partial charge on any atom is -0.496 e. The lowest BCUT2D eigenvalue weighted by molar-refractivity contribution is 0.304. The fourth-order valence-electron chi connectivity index (χ4n) is 4.50. The Morgan fingerprint density at radius 3 is 2.29 bits per heavy atom. The number of rotatable bonds is 3. The molecule has 0 radical (unpaired) electrons. The van der Waals surface area contributed by atoms with Crippen molar-refractivity contribution in [1.29, 1.82) is 0 Å². The first-order valence-electron chi connectivity index (χ1n) is 9.74. The van der Waals surface area contributed by atoms with Crippen LogP contribution < -0.4 is 0 Å². The van der Waals surface area contributed by atoms with E-state index in [9.17, 15) is 0 Å². The number of ether oxygens (including phenoxy) is 1. The molecule has 0 spiro atoms. The van der Waals surface area contributed by atoms with Gasteiger partial charge in [0.2, 0.25) is 0 Å². The van der Waals surface area contributed by atoms with E-state index in [1.807, 2.05) is 0 Å². The topological polar surface area (TPSA) is 9.23 Å². The van der Waals surface area contributed by atoms with Crippen molar-refractivity contribution in [3.63, 3.8) is 0 Å². The smallest absolute Gasteiger partial charge is 0.131 e. The van der Waals surface area contributed by atoms with Gasteiger partial charge in [-0.3, -0.25) is 0 Å². The summed E-state index contributed by atoms with van der Waals surface area (Å²) in [5, 5.41) is 0. The van der Waals surface area contributed by atoms with Crippen LogP contribution in [0.2, 0.25) is 0 Å². The number of methoxy groups -OCH3 is 1. The molecule has 0 aromatic heterocycles. The molecule has 0 saturated heterocycles. The maximum absolute atomic E-state index is 6.09. The summed E-state index contributed by atoms with van der Waals surface area (Å²) in [7, 11) is 1.80. The second kappa shape index (κ2) is 7.01. The largest absolute Gasteiger partial charge is 0.496 e. The van der Waals surface area contributed by atoms with Crippen molar-refractivity contribution >= 4 is 5.57 Å². The van der Waals surface area contributed by atoms with Gasteiger partial charge in [-0.25, -0.2) is 0 Å². The standard InChI is InChI=1S/C27H22O/c1-28-27-25-22-15-9-8-10-19(18-22)16-17-23(25)24(20-11-4-2-5-12-20)26(27)21-13-6-3-7-14-21/h2-17,24H,18H2,1H3/t24-/m1/s1.